The molecule has 4 heterocycles. The van der Waals surface area contributed by atoms with E-state index < -0.39 is 0 Å². The summed E-state index contributed by atoms with van der Waals surface area (Å²) >= 11 is 0. The third-order valence-corrected chi connectivity index (χ3v) is 7.20. The van der Waals surface area contributed by atoms with E-state index in [1.54, 1.807) is 6.07 Å². The molecule has 31 heavy (non-hydrogen) atoms. The zero-order valence-corrected chi connectivity index (χ0v) is 18.2. The van der Waals surface area contributed by atoms with Crippen molar-refractivity contribution in [1.82, 2.24) is 14.8 Å². The standard InChI is InChI=1S/C25H32FN3O2/c26-21-17-22-20(25-19(21)7-14-31-25)16-23(27-22)24(30)15-18-5-10-29(11-6-18)13-12-28-8-3-1-2-4-9-28/h7,14,16-18,27H,1-6,8-13,15H2. The molecule has 2 fully saturated rings. The lowest BCUT2D eigenvalue weighted by Crippen LogP contribution is -2.40. The van der Waals surface area contributed by atoms with Crippen LogP contribution in [0.2, 0.25) is 0 Å². The molecule has 6 heteroatoms. The molecule has 0 bridgehead atoms. The second-order valence-electron chi connectivity index (χ2n) is 9.33. The monoisotopic (exact) mass is 425 g/mol. The minimum atomic E-state index is -0.329. The van der Waals surface area contributed by atoms with E-state index in [9.17, 15) is 9.18 Å². The van der Waals surface area contributed by atoms with Crippen LogP contribution in [0.15, 0.2) is 28.9 Å². The van der Waals surface area contributed by atoms with Gasteiger partial charge >= 0.3 is 0 Å². The lowest BCUT2D eigenvalue weighted by molar-refractivity contribution is 0.0918. The lowest BCUT2D eigenvalue weighted by atomic mass is 9.91. The highest BCUT2D eigenvalue weighted by Crippen LogP contribution is 2.30. The van der Waals surface area contributed by atoms with E-state index in [0.717, 1.165) is 37.9 Å². The molecule has 1 aromatic carbocycles. The number of ketones is 1. The molecule has 2 aliphatic rings. The maximum absolute atomic E-state index is 14.2. The van der Waals surface area contributed by atoms with Gasteiger partial charge in [-0.15, -0.1) is 0 Å². The van der Waals surface area contributed by atoms with Crippen LogP contribution in [0.4, 0.5) is 4.39 Å². The van der Waals surface area contributed by atoms with Crippen molar-refractivity contribution >= 4 is 27.7 Å². The number of furan rings is 1. The van der Waals surface area contributed by atoms with Gasteiger partial charge < -0.3 is 19.2 Å². The molecule has 5 nitrogen and oxygen atoms in total. The molecule has 1 N–H and O–H groups in total. The van der Waals surface area contributed by atoms with Crippen molar-refractivity contribution < 1.29 is 13.6 Å². The molecule has 0 spiro atoms. The fraction of sp³-hybridized carbons (Fsp3) is 0.560. The van der Waals surface area contributed by atoms with E-state index in [1.165, 1.54) is 57.6 Å². The molecule has 2 aliphatic heterocycles. The molecule has 0 unspecified atom stereocenters. The van der Waals surface area contributed by atoms with Gasteiger partial charge in [-0.05, 0) is 76.0 Å². The number of aromatic amines is 1. The van der Waals surface area contributed by atoms with Crippen LogP contribution >= 0.6 is 0 Å². The summed E-state index contributed by atoms with van der Waals surface area (Å²) in [6.45, 7) is 6.99. The molecule has 0 radical (unpaired) electrons. The first kappa shape index (κ1) is 20.7. The Bertz CT molecular complexity index is 1040. The normalized spacial score (nSPS) is 19.9. The van der Waals surface area contributed by atoms with Crippen molar-refractivity contribution in [3.05, 3.63) is 36.0 Å². The largest absolute Gasteiger partial charge is 0.464 e. The Labute approximate surface area is 182 Å². The Hall–Kier alpha value is -2.18. The number of benzene rings is 1. The summed E-state index contributed by atoms with van der Waals surface area (Å²) in [6, 6.07) is 4.89. The summed E-state index contributed by atoms with van der Waals surface area (Å²) in [6.07, 6.45) is 9.64. The van der Waals surface area contributed by atoms with E-state index in [-0.39, 0.29) is 11.6 Å². The number of likely N-dealkylation sites (tertiary alicyclic amines) is 2. The van der Waals surface area contributed by atoms with Crippen LogP contribution in [-0.4, -0.2) is 59.8 Å². The van der Waals surface area contributed by atoms with Gasteiger partial charge in [0.1, 0.15) is 11.4 Å². The highest BCUT2D eigenvalue weighted by molar-refractivity contribution is 6.08. The van der Waals surface area contributed by atoms with Gasteiger partial charge in [0.2, 0.25) is 0 Å². The quantitative estimate of drug-likeness (QED) is 0.551. The number of carbonyl (C=O) groups excluding carboxylic acids is 1. The maximum Gasteiger partial charge on any atom is 0.179 e. The first-order chi connectivity index (χ1) is 15.2. The molecule has 0 atom stereocenters. The number of hydrogen-bond acceptors (Lipinski definition) is 4. The Morgan fingerprint density at radius 1 is 1.00 bits per heavy atom. The van der Waals surface area contributed by atoms with Gasteiger partial charge in [0.25, 0.3) is 0 Å². The van der Waals surface area contributed by atoms with Gasteiger partial charge in [-0.2, -0.15) is 0 Å². The number of piperidine rings is 1. The third-order valence-electron chi connectivity index (χ3n) is 7.20. The average Bonchev–Trinajstić information content (AvgIpc) is 3.35. The smallest absolute Gasteiger partial charge is 0.179 e. The maximum atomic E-state index is 14.2. The number of carbonyl (C=O) groups is 1. The Morgan fingerprint density at radius 3 is 2.45 bits per heavy atom. The van der Waals surface area contributed by atoms with Gasteiger partial charge in [-0.3, -0.25) is 4.79 Å². The molecule has 0 saturated carbocycles. The lowest BCUT2D eigenvalue weighted by Gasteiger charge is -2.33. The van der Waals surface area contributed by atoms with Gasteiger partial charge in [-0.25, -0.2) is 4.39 Å². The van der Waals surface area contributed by atoms with E-state index in [0.29, 0.717) is 34.5 Å². The summed E-state index contributed by atoms with van der Waals surface area (Å²) < 4.78 is 19.7. The van der Waals surface area contributed by atoms with Crippen LogP contribution < -0.4 is 0 Å². The van der Waals surface area contributed by atoms with Crippen molar-refractivity contribution in [1.29, 1.82) is 0 Å². The van der Waals surface area contributed by atoms with E-state index in [2.05, 4.69) is 14.8 Å². The van der Waals surface area contributed by atoms with Gasteiger partial charge in [0, 0.05) is 24.9 Å². The van der Waals surface area contributed by atoms with Crippen LogP contribution in [0.3, 0.4) is 0 Å². The molecule has 0 amide bonds. The Balaban J connectivity index is 1.15. The van der Waals surface area contributed by atoms with Crippen LogP contribution in [-0.2, 0) is 0 Å². The number of hydrogen-bond donors (Lipinski definition) is 1. The molecule has 2 saturated heterocycles. The van der Waals surface area contributed by atoms with Crippen molar-refractivity contribution in [3.8, 4) is 0 Å². The van der Waals surface area contributed by atoms with E-state index in [1.807, 2.05) is 6.07 Å². The topological polar surface area (TPSA) is 52.5 Å². The number of nitrogens with one attached hydrogen (secondary N) is 1. The number of H-pyrrole nitrogens is 1. The van der Waals surface area contributed by atoms with Crippen LogP contribution in [0.1, 0.15) is 55.4 Å². The minimum Gasteiger partial charge on any atom is -0.464 e. The average molecular weight is 426 g/mol. The summed E-state index contributed by atoms with van der Waals surface area (Å²) in [5, 5.41) is 1.23. The highest BCUT2D eigenvalue weighted by Gasteiger charge is 2.24. The number of aromatic nitrogens is 1. The first-order valence-corrected chi connectivity index (χ1v) is 11.8. The van der Waals surface area contributed by atoms with E-state index in [4.69, 9.17) is 4.42 Å². The number of rotatable bonds is 6. The molecule has 3 aromatic rings. The van der Waals surface area contributed by atoms with Crippen molar-refractivity contribution in [2.75, 3.05) is 39.3 Å². The Kier molecular flexibility index (Phi) is 6.10. The van der Waals surface area contributed by atoms with Crippen molar-refractivity contribution in [2.45, 2.75) is 44.9 Å². The second kappa shape index (κ2) is 9.13. The number of Topliss-reactive ketones (excluding diaryl/α,β-unsaturated/α-hetero) is 1. The van der Waals surface area contributed by atoms with Crippen LogP contribution in [0.25, 0.3) is 21.9 Å². The first-order valence-electron chi connectivity index (χ1n) is 11.8. The fourth-order valence-electron chi connectivity index (χ4n) is 5.26. The molecule has 0 aliphatic carbocycles. The predicted molar refractivity (Wildman–Crippen MR) is 121 cm³/mol. The van der Waals surface area contributed by atoms with Crippen molar-refractivity contribution in [3.63, 3.8) is 0 Å². The van der Waals surface area contributed by atoms with Crippen LogP contribution in [0, 0.1) is 11.7 Å². The summed E-state index contributed by atoms with van der Waals surface area (Å²) in [4.78, 5) is 21.2. The minimum absolute atomic E-state index is 0.110. The second-order valence-corrected chi connectivity index (χ2v) is 9.33. The molecule has 2 aromatic heterocycles. The number of nitrogens with zero attached hydrogens (tertiary/aromatic N) is 2. The zero-order chi connectivity index (χ0) is 21.2. The molecular weight excluding hydrogens is 393 g/mol. The van der Waals surface area contributed by atoms with Gasteiger partial charge in [0.05, 0.1) is 22.9 Å². The van der Waals surface area contributed by atoms with Gasteiger partial charge in [0.15, 0.2) is 5.78 Å². The summed E-state index contributed by atoms with van der Waals surface area (Å²) in [5.74, 6) is 0.206. The molecule has 5 rings (SSSR count). The zero-order valence-electron chi connectivity index (χ0n) is 18.2. The summed E-state index contributed by atoms with van der Waals surface area (Å²) in [5.41, 5.74) is 1.68. The van der Waals surface area contributed by atoms with Crippen molar-refractivity contribution in [2.24, 2.45) is 5.92 Å². The fourth-order valence-corrected chi connectivity index (χ4v) is 5.26. The number of fused-ring (bicyclic) bond motifs is 3. The predicted octanol–water partition coefficient (Wildman–Crippen LogP) is 5.21. The number of halogens is 1. The molecular formula is C25H32FN3O2. The van der Waals surface area contributed by atoms with Crippen LogP contribution in [0.5, 0.6) is 0 Å². The Morgan fingerprint density at radius 2 is 1.71 bits per heavy atom. The molecule has 166 valence electrons. The highest BCUT2D eigenvalue weighted by atomic mass is 19.1. The summed E-state index contributed by atoms with van der Waals surface area (Å²) in [7, 11) is 0. The van der Waals surface area contributed by atoms with E-state index >= 15 is 0 Å². The SMILES string of the molecule is O=C(CC1CCN(CCN2CCCCCC2)CC1)c1cc2c(cc(F)c3ccoc32)[nH]1. The van der Waals surface area contributed by atoms with Gasteiger partial charge in [-0.1, -0.05) is 12.8 Å². The third kappa shape index (κ3) is 4.55.